The lowest BCUT2D eigenvalue weighted by atomic mass is 9.91. The number of nitrogens with zero attached hydrogens (tertiary/aromatic N) is 1. The van der Waals surface area contributed by atoms with Crippen LogP contribution < -0.4 is 0 Å². The van der Waals surface area contributed by atoms with E-state index in [-0.39, 0.29) is 0 Å². The van der Waals surface area contributed by atoms with Crippen LogP contribution in [0.3, 0.4) is 0 Å². The number of rotatable bonds is 3. The van der Waals surface area contributed by atoms with Crippen molar-refractivity contribution in [2.75, 3.05) is 13.1 Å². The molecule has 1 fully saturated rings. The van der Waals surface area contributed by atoms with Gasteiger partial charge in [0.15, 0.2) is 0 Å². The molecule has 1 nitrogen and oxygen atoms in total. The Morgan fingerprint density at radius 1 is 1.15 bits per heavy atom. The van der Waals surface area contributed by atoms with E-state index in [4.69, 9.17) is 0 Å². The van der Waals surface area contributed by atoms with Gasteiger partial charge in [0.25, 0.3) is 0 Å². The van der Waals surface area contributed by atoms with Crippen molar-refractivity contribution < 1.29 is 0 Å². The molecule has 0 aromatic heterocycles. The zero-order valence-electron chi connectivity index (χ0n) is 9.93. The third kappa shape index (κ3) is 2.46. The minimum atomic E-state index is 0.576. The van der Waals surface area contributed by atoms with Crippen molar-refractivity contribution in [1.82, 2.24) is 4.90 Å². The predicted octanol–water partition coefficient (Wildman–Crippen LogP) is 3.15. The van der Waals surface area contributed by atoms with E-state index in [1.54, 1.807) is 0 Å². The Morgan fingerprint density at radius 3 is 2.00 bits per heavy atom. The van der Waals surface area contributed by atoms with Crippen molar-refractivity contribution in [3.05, 3.63) is 0 Å². The molecule has 0 saturated heterocycles. The lowest BCUT2D eigenvalue weighted by molar-refractivity contribution is 0.178. The van der Waals surface area contributed by atoms with Crippen LogP contribution in [0.25, 0.3) is 0 Å². The second-order valence-electron chi connectivity index (χ2n) is 5.34. The van der Waals surface area contributed by atoms with Gasteiger partial charge >= 0.3 is 0 Å². The minimum Gasteiger partial charge on any atom is -0.301 e. The summed E-state index contributed by atoms with van der Waals surface area (Å²) in [6.45, 7) is 14.2. The third-order valence-corrected chi connectivity index (χ3v) is 3.57. The summed E-state index contributed by atoms with van der Waals surface area (Å²) in [5, 5.41) is 0. The summed E-state index contributed by atoms with van der Waals surface area (Å²) >= 11 is 0. The van der Waals surface area contributed by atoms with Crippen LogP contribution in [0.5, 0.6) is 0 Å². The Balaban J connectivity index is 2.61. The van der Waals surface area contributed by atoms with E-state index in [1.807, 2.05) is 0 Å². The molecule has 13 heavy (non-hydrogen) atoms. The Hall–Kier alpha value is -0.0400. The van der Waals surface area contributed by atoms with Gasteiger partial charge in [-0.1, -0.05) is 34.6 Å². The summed E-state index contributed by atoms with van der Waals surface area (Å²) in [5.74, 6) is 0.884. The standard InChI is InChI=1S/C12H25N/c1-6-13(7-2)11-9-12(4,5)8-10(11)3/h10-11H,6-9H2,1-5H3/t10-,11+/m1/s1. The Morgan fingerprint density at radius 2 is 1.69 bits per heavy atom. The lowest BCUT2D eigenvalue weighted by Gasteiger charge is -2.29. The van der Waals surface area contributed by atoms with Gasteiger partial charge in [0.2, 0.25) is 0 Å². The zero-order chi connectivity index (χ0) is 10.1. The zero-order valence-corrected chi connectivity index (χ0v) is 9.93. The van der Waals surface area contributed by atoms with Crippen molar-refractivity contribution in [2.24, 2.45) is 11.3 Å². The van der Waals surface area contributed by atoms with E-state index >= 15 is 0 Å². The smallest absolute Gasteiger partial charge is 0.0126 e. The average Bonchev–Trinajstić information content (AvgIpc) is 2.28. The number of hydrogen-bond acceptors (Lipinski definition) is 1. The summed E-state index contributed by atoms with van der Waals surface area (Å²) in [7, 11) is 0. The van der Waals surface area contributed by atoms with Crippen LogP contribution in [0.2, 0.25) is 0 Å². The summed E-state index contributed by atoms with van der Waals surface area (Å²) in [6.07, 6.45) is 2.78. The van der Waals surface area contributed by atoms with Crippen molar-refractivity contribution in [3.8, 4) is 0 Å². The van der Waals surface area contributed by atoms with Crippen LogP contribution in [0, 0.1) is 11.3 Å². The molecule has 0 aromatic rings. The molecule has 1 saturated carbocycles. The van der Waals surface area contributed by atoms with Crippen LogP contribution in [0.15, 0.2) is 0 Å². The third-order valence-electron chi connectivity index (χ3n) is 3.57. The molecule has 0 spiro atoms. The second-order valence-corrected chi connectivity index (χ2v) is 5.34. The van der Waals surface area contributed by atoms with Crippen LogP contribution in [-0.2, 0) is 0 Å². The first kappa shape index (κ1) is 11.0. The molecule has 1 aliphatic rings. The highest BCUT2D eigenvalue weighted by molar-refractivity contribution is 4.91. The van der Waals surface area contributed by atoms with Crippen LogP contribution >= 0.6 is 0 Å². The van der Waals surface area contributed by atoms with E-state index < -0.39 is 0 Å². The molecule has 1 rings (SSSR count). The summed E-state index contributed by atoms with van der Waals surface area (Å²) in [6, 6.07) is 0.838. The van der Waals surface area contributed by atoms with Gasteiger partial charge in [-0.05, 0) is 37.3 Å². The fraction of sp³-hybridized carbons (Fsp3) is 1.00. The predicted molar refractivity (Wildman–Crippen MR) is 58.9 cm³/mol. The van der Waals surface area contributed by atoms with Crippen LogP contribution in [-0.4, -0.2) is 24.0 Å². The molecule has 0 bridgehead atoms. The SMILES string of the molecule is CCN(CC)[C@H]1CC(C)(C)C[C@H]1C. The Bertz CT molecular complexity index is 159. The minimum absolute atomic E-state index is 0.576. The molecule has 1 aliphatic carbocycles. The summed E-state index contributed by atoms with van der Waals surface area (Å²) in [5.41, 5.74) is 0.576. The monoisotopic (exact) mass is 183 g/mol. The molecule has 0 amide bonds. The van der Waals surface area contributed by atoms with Crippen LogP contribution in [0.1, 0.15) is 47.5 Å². The van der Waals surface area contributed by atoms with E-state index in [9.17, 15) is 0 Å². The lowest BCUT2D eigenvalue weighted by Crippen LogP contribution is -2.36. The van der Waals surface area contributed by atoms with Crippen molar-refractivity contribution in [1.29, 1.82) is 0 Å². The van der Waals surface area contributed by atoms with Crippen molar-refractivity contribution >= 4 is 0 Å². The number of hydrogen-bond donors (Lipinski definition) is 0. The van der Waals surface area contributed by atoms with E-state index in [0.717, 1.165) is 12.0 Å². The fourth-order valence-corrected chi connectivity index (χ4v) is 3.04. The van der Waals surface area contributed by atoms with E-state index in [2.05, 4.69) is 39.5 Å². The van der Waals surface area contributed by atoms with Crippen molar-refractivity contribution in [2.45, 2.75) is 53.5 Å². The maximum Gasteiger partial charge on any atom is 0.0126 e. The molecule has 78 valence electrons. The molecule has 0 aromatic carbocycles. The highest BCUT2D eigenvalue weighted by Gasteiger charge is 2.38. The first-order chi connectivity index (χ1) is 6.00. The fourth-order valence-electron chi connectivity index (χ4n) is 3.04. The highest BCUT2D eigenvalue weighted by Crippen LogP contribution is 2.42. The molecule has 1 heteroatoms. The molecule has 0 heterocycles. The normalized spacial score (nSPS) is 32.8. The second kappa shape index (κ2) is 4.00. The van der Waals surface area contributed by atoms with Crippen LogP contribution in [0.4, 0.5) is 0 Å². The molecule has 2 atom stereocenters. The average molecular weight is 183 g/mol. The van der Waals surface area contributed by atoms with Gasteiger partial charge in [0.1, 0.15) is 0 Å². The van der Waals surface area contributed by atoms with Crippen molar-refractivity contribution in [3.63, 3.8) is 0 Å². The maximum atomic E-state index is 2.62. The molecule has 0 unspecified atom stereocenters. The van der Waals surface area contributed by atoms with E-state index in [0.29, 0.717) is 5.41 Å². The molecular weight excluding hydrogens is 158 g/mol. The Labute approximate surface area is 83.5 Å². The first-order valence-electron chi connectivity index (χ1n) is 5.74. The summed E-state index contributed by atoms with van der Waals surface area (Å²) in [4.78, 5) is 2.62. The van der Waals surface area contributed by atoms with Gasteiger partial charge in [0.05, 0.1) is 0 Å². The van der Waals surface area contributed by atoms with Gasteiger partial charge < -0.3 is 4.90 Å². The molecule has 0 aliphatic heterocycles. The van der Waals surface area contributed by atoms with Gasteiger partial charge in [-0.15, -0.1) is 0 Å². The maximum absolute atomic E-state index is 2.62. The van der Waals surface area contributed by atoms with Gasteiger partial charge in [0, 0.05) is 6.04 Å². The largest absolute Gasteiger partial charge is 0.301 e. The van der Waals surface area contributed by atoms with Gasteiger partial charge in [-0.3, -0.25) is 0 Å². The van der Waals surface area contributed by atoms with Gasteiger partial charge in [-0.25, -0.2) is 0 Å². The topological polar surface area (TPSA) is 3.24 Å². The summed E-state index contributed by atoms with van der Waals surface area (Å²) < 4.78 is 0. The highest BCUT2D eigenvalue weighted by atomic mass is 15.2. The molecule has 0 radical (unpaired) electrons. The van der Waals surface area contributed by atoms with Gasteiger partial charge in [-0.2, -0.15) is 0 Å². The molecule has 0 N–H and O–H groups in total. The van der Waals surface area contributed by atoms with E-state index in [1.165, 1.54) is 25.9 Å². The Kier molecular flexibility index (Phi) is 3.39. The first-order valence-corrected chi connectivity index (χ1v) is 5.74. The molecular formula is C12H25N. The quantitative estimate of drug-likeness (QED) is 0.649.